The second-order valence-electron chi connectivity index (χ2n) is 8.53. The minimum atomic E-state index is -0.705. The van der Waals surface area contributed by atoms with E-state index in [1.165, 1.54) is 0 Å². The van der Waals surface area contributed by atoms with Crippen molar-refractivity contribution in [3.63, 3.8) is 0 Å². The van der Waals surface area contributed by atoms with Crippen molar-refractivity contribution < 1.29 is 9.50 Å². The van der Waals surface area contributed by atoms with Crippen molar-refractivity contribution in [1.82, 2.24) is 25.0 Å². The topological polar surface area (TPSA) is 79.6 Å². The first kappa shape index (κ1) is 20.2. The summed E-state index contributed by atoms with van der Waals surface area (Å²) in [7, 11) is 1.85. The molecule has 0 aliphatic rings. The van der Waals surface area contributed by atoms with Crippen molar-refractivity contribution in [3.8, 4) is 22.5 Å². The second kappa shape index (κ2) is 7.65. The number of rotatable bonds is 6. The van der Waals surface area contributed by atoms with Gasteiger partial charge in [0.2, 0.25) is 0 Å². The summed E-state index contributed by atoms with van der Waals surface area (Å²) in [6.45, 7) is 5.49. The Bertz CT molecular complexity index is 1180. The predicted octanol–water partition coefficient (Wildman–Crippen LogP) is 4.57. The Morgan fingerprint density at radius 1 is 1.20 bits per heavy atom. The molecular formula is C23H26FN5O. The number of hydrogen-bond donors (Lipinski definition) is 2. The van der Waals surface area contributed by atoms with Gasteiger partial charge in [-0.1, -0.05) is 6.07 Å². The van der Waals surface area contributed by atoms with E-state index >= 15 is 4.39 Å². The highest BCUT2D eigenvalue weighted by Gasteiger charge is 2.17. The van der Waals surface area contributed by atoms with Crippen LogP contribution in [0.3, 0.4) is 0 Å². The van der Waals surface area contributed by atoms with Gasteiger partial charge in [-0.25, -0.2) is 4.39 Å². The molecule has 1 aromatic carbocycles. The van der Waals surface area contributed by atoms with Gasteiger partial charge in [0.25, 0.3) is 0 Å². The number of nitrogens with one attached hydrogen (secondary N) is 1. The summed E-state index contributed by atoms with van der Waals surface area (Å²) < 4.78 is 16.8. The lowest BCUT2D eigenvalue weighted by atomic mass is 9.95. The third kappa shape index (κ3) is 4.11. The van der Waals surface area contributed by atoms with E-state index in [1.54, 1.807) is 37.0 Å². The van der Waals surface area contributed by atoms with Gasteiger partial charge in [-0.15, -0.1) is 0 Å². The molecule has 0 aliphatic carbocycles. The molecule has 0 spiro atoms. The van der Waals surface area contributed by atoms with Crippen molar-refractivity contribution in [2.24, 2.45) is 7.05 Å². The molecule has 4 rings (SSSR count). The molecule has 0 aliphatic heterocycles. The van der Waals surface area contributed by atoms with Crippen LogP contribution in [-0.4, -0.2) is 35.7 Å². The standard InChI is InChI=1S/C23H26FN5O/c1-14-8-15(6-5-7-23(2,3)30)9-18(24)21(14)19-10-17-20(12-25-19)27-28-22(17)16-11-26-29(4)13-16/h8-13,30H,5-7H2,1-4H3,(H,27,28). The highest BCUT2D eigenvalue weighted by atomic mass is 19.1. The lowest BCUT2D eigenvalue weighted by molar-refractivity contribution is 0.0689. The average Bonchev–Trinajstić information content (AvgIpc) is 3.25. The number of pyridine rings is 1. The molecule has 7 heteroatoms. The van der Waals surface area contributed by atoms with Gasteiger partial charge < -0.3 is 5.11 Å². The molecule has 4 aromatic rings. The van der Waals surface area contributed by atoms with Crippen LogP contribution in [0, 0.1) is 12.7 Å². The Hall–Kier alpha value is -3.06. The van der Waals surface area contributed by atoms with Crippen LogP contribution in [0.1, 0.15) is 37.8 Å². The van der Waals surface area contributed by atoms with E-state index in [1.807, 2.05) is 32.3 Å². The molecule has 0 radical (unpaired) electrons. The number of aromatic amines is 1. The van der Waals surface area contributed by atoms with E-state index in [0.717, 1.165) is 46.1 Å². The summed E-state index contributed by atoms with van der Waals surface area (Å²) in [5.74, 6) is -0.286. The first-order valence-corrected chi connectivity index (χ1v) is 10.1. The number of H-pyrrole nitrogens is 1. The summed E-state index contributed by atoms with van der Waals surface area (Å²) in [5, 5.41) is 22.3. The number of benzene rings is 1. The van der Waals surface area contributed by atoms with Crippen molar-refractivity contribution >= 4 is 10.9 Å². The largest absolute Gasteiger partial charge is 0.390 e. The molecule has 0 saturated carbocycles. The molecular weight excluding hydrogens is 381 g/mol. The van der Waals surface area contributed by atoms with Crippen LogP contribution in [0.25, 0.3) is 33.4 Å². The van der Waals surface area contributed by atoms with Gasteiger partial charge in [-0.2, -0.15) is 10.2 Å². The minimum absolute atomic E-state index is 0.286. The van der Waals surface area contributed by atoms with Crippen LogP contribution in [0.2, 0.25) is 0 Å². The van der Waals surface area contributed by atoms with E-state index < -0.39 is 5.60 Å². The molecule has 30 heavy (non-hydrogen) atoms. The third-order valence-corrected chi connectivity index (χ3v) is 5.28. The van der Waals surface area contributed by atoms with E-state index in [9.17, 15) is 5.11 Å². The molecule has 0 fully saturated rings. The maximum Gasteiger partial charge on any atom is 0.133 e. The molecule has 3 heterocycles. The van der Waals surface area contributed by atoms with Crippen molar-refractivity contribution in [1.29, 1.82) is 0 Å². The fourth-order valence-electron chi connectivity index (χ4n) is 3.83. The number of aryl methyl sites for hydroxylation is 3. The highest BCUT2D eigenvalue weighted by Crippen LogP contribution is 2.32. The second-order valence-corrected chi connectivity index (χ2v) is 8.53. The van der Waals surface area contributed by atoms with Crippen LogP contribution in [0.15, 0.2) is 36.8 Å². The molecule has 0 atom stereocenters. The van der Waals surface area contributed by atoms with Crippen LogP contribution in [-0.2, 0) is 13.5 Å². The minimum Gasteiger partial charge on any atom is -0.390 e. The van der Waals surface area contributed by atoms with Gasteiger partial charge in [0.1, 0.15) is 11.5 Å². The van der Waals surface area contributed by atoms with E-state index in [2.05, 4.69) is 20.3 Å². The molecule has 156 valence electrons. The Labute approximate surface area is 174 Å². The molecule has 0 bridgehead atoms. The lowest BCUT2D eigenvalue weighted by Gasteiger charge is -2.17. The lowest BCUT2D eigenvalue weighted by Crippen LogP contribution is -2.18. The third-order valence-electron chi connectivity index (χ3n) is 5.28. The van der Waals surface area contributed by atoms with Gasteiger partial charge in [0.05, 0.1) is 29.2 Å². The monoisotopic (exact) mass is 407 g/mol. The highest BCUT2D eigenvalue weighted by molar-refractivity contribution is 5.94. The first-order chi connectivity index (χ1) is 14.2. The van der Waals surface area contributed by atoms with Crippen LogP contribution < -0.4 is 0 Å². The summed E-state index contributed by atoms with van der Waals surface area (Å²) in [4.78, 5) is 4.47. The molecule has 0 unspecified atom stereocenters. The van der Waals surface area contributed by atoms with E-state index in [-0.39, 0.29) is 5.82 Å². The number of aromatic nitrogens is 5. The van der Waals surface area contributed by atoms with Crippen molar-refractivity contribution in [3.05, 3.63) is 53.7 Å². The SMILES string of the molecule is Cc1cc(CCCC(C)(C)O)cc(F)c1-c1cc2c(-c3cnn(C)c3)n[nH]c2cn1. The van der Waals surface area contributed by atoms with Crippen LogP contribution >= 0.6 is 0 Å². The molecule has 3 aromatic heterocycles. The Morgan fingerprint density at radius 2 is 2.00 bits per heavy atom. The van der Waals surface area contributed by atoms with Gasteiger partial charge in [-0.3, -0.25) is 14.8 Å². The Kier molecular flexibility index (Phi) is 5.15. The number of nitrogens with zero attached hydrogens (tertiary/aromatic N) is 4. The Morgan fingerprint density at radius 3 is 2.67 bits per heavy atom. The van der Waals surface area contributed by atoms with E-state index in [0.29, 0.717) is 17.7 Å². The van der Waals surface area contributed by atoms with Gasteiger partial charge in [0.15, 0.2) is 0 Å². The molecule has 6 nitrogen and oxygen atoms in total. The molecule has 2 N–H and O–H groups in total. The normalized spacial score (nSPS) is 12.1. The zero-order chi connectivity index (χ0) is 21.5. The number of aliphatic hydroxyl groups is 1. The van der Waals surface area contributed by atoms with Crippen LogP contribution in [0.5, 0.6) is 0 Å². The summed E-state index contributed by atoms with van der Waals surface area (Å²) >= 11 is 0. The summed E-state index contributed by atoms with van der Waals surface area (Å²) in [6.07, 6.45) is 7.53. The van der Waals surface area contributed by atoms with Gasteiger partial charge in [-0.05, 0) is 63.3 Å². The van der Waals surface area contributed by atoms with Gasteiger partial charge >= 0.3 is 0 Å². The van der Waals surface area contributed by atoms with Crippen LogP contribution in [0.4, 0.5) is 4.39 Å². The fraction of sp³-hybridized carbons (Fsp3) is 0.348. The molecule has 0 amide bonds. The smallest absolute Gasteiger partial charge is 0.133 e. The molecule has 0 saturated heterocycles. The first-order valence-electron chi connectivity index (χ1n) is 10.1. The zero-order valence-electron chi connectivity index (χ0n) is 17.7. The summed E-state index contributed by atoms with van der Waals surface area (Å²) in [5.41, 5.74) is 4.59. The maximum absolute atomic E-state index is 15.1. The Balaban J connectivity index is 1.68. The fourth-order valence-corrected chi connectivity index (χ4v) is 3.83. The zero-order valence-corrected chi connectivity index (χ0v) is 17.7. The maximum atomic E-state index is 15.1. The van der Waals surface area contributed by atoms with Gasteiger partial charge in [0, 0.05) is 29.8 Å². The van der Waals surface area contributed by atoms with E-state index in [4.69, 9.17) is 0 Å². The van der Waals surface area contributed by atoms with Crippen molar-refractivity contribution in [2.45, 2.75) is 45.6 Å². The predicted molar refractivity (Wildman–Crippen MR) is 115 cm³/mol. The quantitative estimate of drug-likeness (QED) is 0.491. The number of halogens is 1. The number of fused-ring (bicyclic) bond motifs is 1. The summed E-state index contributed by atoms with van der Waals surface area (Å²) in [6, 6.07) is 5.46. The van der Waals surface area contributed by atoms with Crippen molar-refractivity contribution in [2.75, 3.05) is 0 Å². The average molecular weight is 407 g/mol. The number of hydrogen-bond acceptors (Lipinski definition) is 4.